The molecule has 4 unspecified atom stereocenters. The fraction of sp³-hybridized carbons (Fsp3) is 0.964. The van der Waals surface area contributed by atoms with Gasteiger partial charge in [-0.25, -0.2) is 4.79 Å². The number of carboxylic acids is 1. The molecule has 0 rings (SSSR count). The summed E-state index contributed by atoms with van der Waals surface area (Å²) in [7, 11) is -2.94. The van der Waals surface area contributed by atoms with Crippen LogP contribution < -0.4 is 0 Å². The summed E-state index contributed by atoms with van der Waals surface area (Å²) in [6, 6.07) is 0. The van der Waals surface area contributed by atoms with E-state index >= 15 is 0 Å². The van der Waals surface area contributed by atoms with Gasteiger partial charge in [0.15, 0.2) is 0 Å². The molecule has 4 atom stereocenters. The predicted molar refractivity (Wildman–Crippen MR) is 153 cm³/mol. The van der Waals surface area contributed by atoms with Crippen LogP contribution in [0.2, 0.25) is 0 Å². The van der Waals surface area contributed by atoms with E-state index in [4.69, 9.17) is 9.26 Å². The minimum Gasteiger partial charge on any atom is -0.474 e. The number of hydrogen-bond acceptors (Lipinski definition) is 6. The maximum absolute atomic E-state index is 12.7. The monoisotopic (exact) mass is 551 g/mol. The number of carbonyl (C=O) groups is 1. The van der Waals surface area contributed by atoms with Crippen molar-refractivity contribution in [2.75, 3.05) is 12.4 Å². The van der Waals surface area contributed by atoms with Crippen molar-refractivity contribution < 1.29 is 28.8 Å². The Bertz CT molecular complexity index is 550. The Morgan fingerprint density at radius 3 is 1.75 bits per heavy atom. The van der Waals surface area contributed by atoms with E-state index in [1.54, 1.807) is 6.92 Å². The number of ether oxygens (including phenoxy) is 1. The molecule has 0 saturated carbocycles. The second-order valence-corrected chi connectivity index (χ2v) is 12.7. The van der Waals surface area contributed by atoms with E-state index in [0.717, 1.165) is 31.4 Å². The number of thioether (sulfide) groups is 1. The summed E-state index contributed by atoms with van der Waals surface area (Å²) in [6.45, 7) is 8.07. The van der Waals surface area contributed by atoms with Crippen LogP contribution in [-0.2, 0) is 18.6 Å². The van der Waals surface area contributed by atoms with Crippen LogP contribution >= 0.6 is 19.8 Å². The zero-order valence-electron chi connectivity index (χ0n) is 23.7. The number of rotatable bonds is 27. The summed E-state index contributed by atoms with van der Waals surface area (Å²) in [5.41, 5.74) is -2.80. The Morgan fingerprint density at radius 1 is 0.806 bits per heavy atom. The Kier molecular flexibility index (Phi) is 23.8. The van der Waals surface area contributed by atoms with E-state index in [2.05, 4.69) is 13.8 Å². The Balaban J connectivity index is 4.51. The van der Waals surface area contributed by atoms with Crippen molar-refractivity contribution in [3.63, 3.8) is 0 Å². The van der Waals surface area contributed by atoms with Gasteiger partial charge in [-0.05, 0) is 36.5 Å². The van der Waals surface area contributed by atoms with Crippen LogP contribution in [0.15, 0.2) is 0 Å². The molecule has 0 aromatic carbocycles. The summed E-state index contributed by atoms with van der Waals surface area (Å²) in [6.07, 6.45) is 21.3. The van der Waals surface area contributed by atoms with Crippen molar-refractivity contribution in [2.45, 2.75) is 160 Å². The number of aliphatic carboxylic acids is 1. The summed E-state index contributed by atoms with van der Waals surface area (Å²) in [5.74, 6) is -0.662. The highest BCUT2D eigenvalue weighted by atomic mass is 32.2. The molecule has 0 aliphatic carbocycles. The lowest BCUT2D eigenvalue weighted by Crippen LogP contribution is -2.39. The second kappa shape index (κ2) is 23.9. The maximum Gasteiger partial charge on any atom is 0.589 e. The average molecular weight is 552 g/mol. The smallest absolute Gasteiger partial charge is 0.474 e. The predicted octanol–water partition coefficient (Wildman–Crippen LogP) is 9.06. The lowest BCUT2D eigenvalue weighted by atomic mass is 10.1. The fourth-order valence-electron chi connectivity index (χ4n) is 4.13. The van der Waals surface area contributed by atoms with Crippen molar-refractivity contribution >= 4 is 25.8 Å². The largest absolute Gasteiger partial charge is 0.589 e. The zero-order valence-corrected chi connectivity index (χ0v) is 25.4. The molecule has 0 aliphatic rings. The van der Waals surface area contributed by atoms with Gasteiger partial charge in [0.25, 0.3) is 0 Å². The Labute approximate surface area is 226 Å². The van der Waals surface area contributed by atoms with Gasteiger partial charge >= 0.3 is 19.5 Å². The fourth-order valence-corrected chi connectivity index (χ4v) is 6.49. The summed E-state index contributed by atoms with van der Waals surface area (Å²) < 4.78 is 23.3. The SMILES string of the molecule is CCCCCCCCCCCCCSC(CCCCCCC)C(C)O[P+](=O)C(O)(OCCC)C(=O)O. The van der Waals surface area contributed by atoms with Crippen LogP contribution in [0.1, 0.15) is 143 Å². The van der Waals surface area contributed by atoms with E-state index in [9.17, 15) is 19.6 Å². The van der Waals surface area contributed by atoms with Gasteiger partial charge in [-0.2, -0.15) is 11.8 Å². The van der Waals surface area contributed by atoms with Crippen molar-refractivity contribution in [3.05, 3.63) is 0 Å². The molecular formula is C28H56O6PS+. The van der Waals surface area contributed by atoms with Gasteiger partial charge in [-0.1, -0.05) is 117 Å². The van der Waals surface area contributed by atoms with Crippen LogP contribution in [0.5, 0.6) is 0 Å². The summed E-state index contributed by atoms with van der Waals surface area (Å²) >= 11 is 1.83. The molecule has 0 aromatic rings. The Morgan fingerprint density at radius 2 is 1.28 bits per heavy atom. The minimum absolute atomic E-state index is 0.00389. The van der Waals surface area contributed by atoms with E-state index in [-0.39, 0.29) is 11.9 Å². The molecule has 36 heavy (non-hydrogen) atoms. The number of aliphatic hydroxyl groups is 1. The van der Waals surface area contributed by atoms with Crippen LogP contribution in [0.25, 0.3) is 0 Å². The molecule has 0 heterocycles. The Hall–Kier alpha value is -0.200. The molecule has 0 spiro atoms. The van der Waals surface area contributed by atoms with Crippen LogP contribution in [0, 0.1) is 0 Å². The first kappa shape index (κ1) is 35.8. The normalized spacial score (nSPS) is 15.4. The van der Waals surface area contributed by atoms with Gasteiger partial charge in [0.05, 0.1) is 6.61 Å². The van der Waals surface area contributed by atoms with Gasteiger partial charge < -0.3 is 10.2 Å². The zero-order chi connectivity index (χ0) is 27.1. The van der Waals surface area contributed by atoms with Gasteiger partial charge in [-0.3, -0.25) is 4.74 Å². The maximum atomic E-state index is 12.7. The first-order chi connectivity index (χ1) is 17.3. The van der Waals surface area contributed by atoms with Crippen molar-refractivity contribution in [2.24, 2.45) is 0 Å². The highest BCUT2D eigenvalue weighted by Crippen LogP contribution is 2.42. The number of unbranched alkanes of at least 4 members (excludes halogenated alkanes) is 14. The lowest BCUT2D eigenvalue weighted by Gasteiger charge is -2.21. The minimum atomic E-state index is -2.94. The number of hydrogen-bond donors (Lipinski definition) is 2. The molecule has 2 N–H and O–H groups in total. The highest BCUT2D eigenvalue weighted by molar-refractivity contribution is 7.99. The molecule has 0 bridgehead atoms. The summed E-state index contributed by atoms with van der Waals surface area (Å²) in [4.78, 5) is 11.5. The van der Waals surface area contributed by atoms with Gasteiger partial charge in [0.2, 0.25) is 0 Å². The molecule has 0 radical (unpaired) electrons. The van der Waals surface area contributed by atoms with Crippen molar-refractivity contribution in [1.82, 2.24) is 0 Å². The van der Waals surface area contributed by atoms with E-state index in [1.165, 1.54) is 83.5 Å². The molecule has 0 amide bonds. The van der Waals surface area contributed by atoms with Crippen LogP contribution in [0.4, 0.5) is 0 Å². The third-order valence-electron chi connectivity index (χ3n) is 6.49. The molecule has 6 nitrogen and oxygen atoms in total. The second-order valence-electron chi connectivity index (χ2n) is 9.98. The van der Waals surface area contributed by atoms with Gasteiger partial charge in [0, 0.05) is 5.25 Å². The third kappa shape index (κ3) is 17.3. The third-order valence-corrected chi connectivity index (χ3v) is 9.40. The van der Waals surface area contributed by atoms with E-state index in [1.807, 2.05) is 18.7 Å². The molecular weight excluding hydrogens is 495 g/mol. The first-order valence-corrected chi connectivity index (χ1v) is 16.9. The standard InChI is InChI=1S/C28H55O6PS/c1-5-8-10-12-13-14-15-16-17-19-21-24-36-26(22-20-18-11-9-6-2)25(4)34-35(32)28(31,27(29)30)33-23-7-3/h25-26,31H,5-24H2,1-4H3/p+1. The summed E-state index contributed by atoms with van der Waals surface area (Å²) in [5, 5.41) is 19.8. The quantitative estimate of drug-likeness (QED) is 0.0597. The molecule has 214 valence electrons. The highest BCUT2D eigenvalue weighted by Gasteiger charge is 2.61. The van der Waals surface area contributed by atoms with Crippen LogP contribution in [0.3, 0.4) is 0 Å². The molecule has 0 saturated heterocycles. The number of carboxylic acid groups (broad SMARTS) is 1. The van der Waals surface area contributed by atoms with E-state index in [0.29, 0.717) is 6.42 Å². The molecule has 8 heteroatoms. The molecule has 0 aliphatic heterocycles. The first-order valence-electron chi connectivity index (χ1n) is 14.7. The average Bonchev–Trinajstić information content (AvgIpc) is 2.86. The van der Waals surface area contributed by atoms with E-state index < -0.39 is 25.6 Å². The topological polar surface area (TPSA) is 93.1 Å². The van der Waals surface area contributed by atoms with Gasteiger partial charge in [-0.15, -0.1) is 4.52 Å². The van der Waals surface area contributed by atoms with Crippen molar-refractivity contribution in [1.29, 1.82) is 0 Å². The lowest BCUT2D eigenvalue weighted by molar-refractivity contribution is -0.192. The molecule has 0 fully saturated rings. The van der Waals surface area contributed by atoms with Crippen LogP contribution in [-0.4, -0.2) is 45.4 Å². The molecule has 0 aromatic heterocycles. The van der Waals surface area contributed by atoms with Crippen molar-refractivity contribution in [3.8, 4) is 0 Å². The van der Waals surface area contributed by atoms with Gasteiger partial charge in [0.1, 0.15) is 6.10 Å².